The number of aryl methyl sites for hydroxylation is 1. The van der Waals surface area contributed by atoms with E-state index in [9.17, 15) is 13.2 Å². The van der Waals surface area contributed by atoms with Crippen molar-refractivity contribution in [2.24, 2.45) is 0 Å². The zero-order valence-corrected chi connectivity index (χ0v) is 13.6. The molecule has 0 unspecified atom stereocenters. The van der Waals surface area contributed by atoms with E-state index in [-0.39, 0.29) is 5.75 Å². The number of carbonyl (C=O) groups is 1. The lowest BCUT2D eigenvalue weighted by Crippen LogP contribution is -2.40. The lowest BCUT2D eigenvalue weighted by molar-refractivity contribution is -0.121. The van der Waals surface area contributed by atoms with Gasteiger partial charge in [0.15, 0.2) is 0 Å². The van der Waals surface area contributed by atoms with E-state index in [1.165, 1.54) is 0 Å². The monoisotopic (exact) mass is 329 g/mol. The van der Waals surface area contributed by atoms with E-state index in [0.717, 1.165) is 11.1 Å². The lowest BCUT2D eigenvalue weighted by atomic mass is 9.96. The van der Waals surface area contributed by atoms with Crippen molar-refractivity contribution in [3.8, 4) is 0 Å². The Balaban J connectivity index is 1.65. The standard InChI is InChI=1S/C18H19NO3S/c20-17(18(12-13-18)16-9-5-2-6-10-16)19-23(21,22)14-11-15-7-3-1-4-8-15/h1-10H,11-14H2,(H,19,20). The molecule has 0 bridgehead atoms. The number of sulfonamides is 1. The molecule has 1 fully saturated rings. The summed E-state index contributed by atoms with van der Waals surface area (Å²) >= 11 is 0. The van der Waals surface area contributed by atoms with Gasteiger partial charge in [0.2, 0.25) is 15.9 Å². The Hall–Kier alpha value is -2.14. The molecular weight excluding hydrogens is 310 g/mol. The highest BCUT2D eigenvalue weighted by molar-refractivity contribution is 7.90. The molecule has 23 heavy (non-hydrogen) atoms. The highest BCUT2D eigenvalue weighted by Crippen LogP contribution is 2.48. The van der Waals surface area contributed by atoms with E-state index in [4.69, 9.17) is 0 Å². The number of rotatable bonds is 6. The van der Waals surface area contributed by atoms with Crippen LogP contribution in [0.3, 0.4) is 0 Å². The molecule has 1 N–H and O–H groups in total. The average Bonchev–Trinajstić information content (AvgIpc) is 3.36. The van der Waals surface area contributed by atoms with Crippen LogP contribution in [-0.2, 0) is 26.7 Å². The second-order valence-corrected chi connectivity index (χ2v) is 7.78. The minimum absolute atomic E-state index is 0.0897. The quantitative estimate of drug-likeness (QED) is 0.885. The number of nitrogens with one attached hydrogen (secondary N) is 1. The predicted octanol–water partition coefficient (Wildman–Crippen LogP) is 2.41. The molecule has 0 saturated heterocycles. The Morgan fingerprint density at radius 2 is 1.52 bits per heavy atom. The zero-order chi connectivity index (χ0) is 16.3. The number of carbonyl (C=O) groups excluding carboxylic acids is 1. The van der Waals surface area contributed by atoms with Gasteiger partial charge in [-0.15, -0.1) is 0 Å². The van der Waals surface area contributed by atoms with Crippen molar-refractivity contribution in [3.05, 3.63) is 71.8 Å². The summed E-state index contributed by atoms with van der Waals surface area (Å²) < 4.78 is 26.6. The molecule has 1 aliphatic carbocycles. The lowest BCUT2D eigenvalue weighted by Gasteiger charge is -2.15. The maximum atomic E-state index is 12.5. The second kappa shape index (κ2) is 6.16. The fraction of sp³-hybridized carbons (Fsp3) is 0.278. The van der Waals surface area contributed by atoms with E-state index in [0.29, 0.717) is 19.3 Å². The van der Waals surface area contributed by atoms with Crippen molar-refractivity contribution in [1.29, 1.82) is 0 Å². The van der Waals surface area contributed by atoms with Crippen molar-refractivity contribution in [3.63, 3.8) is 0 Å². The largest absolute Gasteiger partial charge is 0.273 e. The van der Waals surface area contributed by atoms with Gasteiger partial charge in [0.1, 0.15) is 0 Å². The van der Waals surface area contributed by atoms with E-state index in [1.54, 1.807) is 0 Å². The summed E-state index contributed by atoms with van der Waals surface area (Å²) in [6, 6.07) is 18.8. The van der Waals surface area contributed by atoms with Crippen LogP contribution >= 0.6 is 0 Å². The Morgan fingerprint density at radius 3 is 2.09 bits per heavy atom. The molecule has 2 aromatic carbocycles. The summed E-state index contributed by atoms with van der Waals surface area (Å²) in [5.74, 6) is -0.495. The van der Waals surface area contributed by atoms with Crippen molar-refractivity contribution in [2.75, 3.05) is 5.75 Å². The van der Waals surface area contributed by atoms with E-state index < -0.39 is 21.3 Å². The van der Waals surface area contributed by atoms with Gasteiger partial charge in [0.25, 0.3) is 0 Å². The highest BCUT2D eigenvalue weighted by atomic mass is 32.2. The summed E-state index contributed by atoms with van der Waals surface area (Å²) in [7, 11) is -3.63. The summed E-state index contributed by atoms with van der Waals surface area (Å²) in [5, 5.41) is 0. The maximum Gasteiger partial charge on any atom is 0.244 e. The van der Waals surface area contributed by atoms with Crippen LogP contribution in [0, 0.1) is 0 Å². The minimum atomic E-state index is -3.63. The van der Waals surface area contributed by atoms with Crippen LogP contribution in [0.4, 0.5) is 0 Å². The van der Waals surface area contributed by atoms with Crippen molar-refractivity contribution >= 4 is 15.9 Å². The molecule has 1 amide bonds. The molecule has 120 valence electrons. The zero-order valence-electron chi connectivity index (χ0n) is 12.7. The van der Waals surface area contributed by atoms with Gasteiger partial charge < -0.3 is 0 Å². The normalized spacial score (nSPS) is 15.8. The first-order valence-electron chi connectivity index (χ1n) is 7.66. The number of benzene rings is 2. The van der Waals surface area contributed by atoms with Gasteiger partial charge in [-0.05, 0) is 30.4 Å². The van der Waals surface area contributed by atoms with Crippen LogP contribution in [-0.4, -0.2) is 20.1 Å². The molecule has 0 aromatic heterocycles. The van der Waals surface area contributed by atoms with Crippen LogP contribution in [0.5, 0.6) is 0 Å². The fourth-order valence-electron chi connectivity index (χ4n) is 2.72. The van der Waals surface area contributed by atoms with Crippen LogP contribution in [0.25, 0.3) is 0 Å². The predicted molar refractivity (Wildman–Crippen MR) is 89.4 cm³/mol. The molecule has 5 heteroatoms. The molecule has 1 saturated carbocycles. The number of hydrogen-bond donors (Lipinski definition) is 1. The first-order valence-corrected chi connectivity index (χ1v) is 9.31. The molecule has 0 atom stereocenters. The van der Waals surface area contributed by atoms with Gasteiger partial charge >= 0.3 is 0 Å². The van der Waals surface area contributed by atoms with Crippen LogP contribution in [0.1, 0.15) is 24.0 Å². The average molecular weight is 329 g/mol. The Morgan fingerprint density at radius 1 is 0.957 bits per heavy atom. The van der Waals surface area contributed by atoms with E-state index in [2.05, 4.69) is 4.72 Å². The topological polar surface area (TPSA) is 63.2 Å². The smallest absolute Gasteiger partial charge is 0.244 e. The molecule has 0 radical (unpaired) electrons. The molecule has 4 nitrogen and oxygen atoms in total. The van der Waals surface area contributed by atoms with Gasteiger partial charge in [-0.25, -0.2) is 8.42 Å². The van der Waals surface area contributed by atoms with E-state index >= 15 is 0 Å². The minimum Gasteiger partial charge on any atom is -0.273 e. The van der Waals surface area contributed by atoms with Gasteiger partial charge in [0, 0.05) is 0 Å². The molecule has 3 rings (SSSR count). The van der Waals surface area contributed by atoms with Gasteiger partial charge in [-0.2, -0.15) is 0 Å². The summed E-state index contributed by atoms with van der Waals surface area (Å²) in [5.41, 5.74) is 1.16. The van der Waals surface area contributed by atoms with Crippen LogP contribution in [0.2, 0.25) is 0 Å². The van der Waals surface area contributed by atoms with Gasteiger partial charge in [-0.1, -0.05) is 60.7 Å². The number of amides is 1. The molecule has 0 heterocycles. The molecule has 0 aliphatic heterocycles. The third-order valence-corrected chi connectivity index (χ3v) is 5.50. The molecule has 2 aromatic rings. The van der Waals surface area contributed by atoms with E-state index in [1.807, 2.05) is 60.7 Å². The first kappa shape index (κ1) is 15.7. The fourth-order valence-corrected chi connectivity index (χ4v) is 3.80. The molecular formula is C18H19NO3S. The van der Waals surface area contributed by atoms with Gasteiger partial charge in [0.05, 0.1) is 11.2 Å². The Kier molecular flexibility index (Phi) is 4.22. The summed E-state index contributed by atoms with van der Waals surface area (Å²) in [6.07, 6.45) is 1.77. The SMILES string of the molecule is O=C(NS(=O)(=O)CCc1ccccc1)C1(c2ccccc2)CC1. The maximum absolute atomic E-state index is 12.5. The molecule has 1 aliphatic rings. The summed E-state index contributed by atoms with van der Waals surface area (Å²) in [4.78, 5) is 12.5. The Bertz CT molecular complexity index is 782. The van der Waals surface area contributed by atoms with Crippen LogP contribution < -0.4 is 4.72 Å². The molecule has 0 spiro atoms. The van der Waals surface area contributed by atoms with Crippen molar-refractivity contribution < 1.29 is 13.2 Å². The summed E-state index contributed by atoms with van der Waals surface area (Å²) in [6.45, 7) is 0. The van der Waals surface area contributed by atoms with Crippen molar-refractivity contribution in [1.82, 2.24) is 4.72 Å². The van der Waals surface area contributed by atoms with Crippen LogP contribution in [0.15, 0.2) is 60.7 Å². The third kappa shape index (κ3) is 3.62. The van der Waals surface area contributed by atoms with Crippen molar-refractivity contribution in [2.45, 2.75) is 24.7 Å². The second-order valence-electron chi connectivity index (χ2n) is 5.93. The first-order chi connectivity index (χ1) is 11.0. The van der Waals surface area contributed by atoms with Gasteiger partial charge in [-0.3, -0.25) is 9.52 Å². The third-order valence-electron chi connectivity index (χ3n) is 4.26. The number of hydrogen-bond acceptors (Lipinski definition) is 3. The highest BCUT2D eigenvalue weighted by Gasteiger charge is 2.52. The Labute approximate surface area is 136 Å².